The number of carbonyl (C=O) groups excluding carboxylic acids is 1. The summed E-state index contributed by atoms with van der Waals surface area (Å²) in [6, 6.07) is 6.90. The van der Waals surface area contributed by atoms with Gasteiger partial charge in [0.05, 0.1) is 6.61 Å². The molecular formula is C12H12O3. The van der Waals surface area contributed by atoms with Crippen LogP contribution in [0.15, 0.2) is 24.3 Å². The lowest BCUT2D eigenvalue weighted by Gasteiger charge is -1.99. The first kappa shape index (κ1) is 11.3. The van der Waals surface area contributed by atoms with E-state index < -0.39 is 0 Å². The Hall–Kier alpha value is -1.79. The van der Waals surface area contributed by atoms with Gasteiger partial charge in [-0.25, -0.2) is 0 Å². The van der Waals surface area contributed by atoms with Gasteiger partial charge in [0.1, 0.15) is 5.75 Å². The monoisotopic (exact) mass is 204 g/mol. The number of aliphatic hydroxyl groups is 1. The highest BCUT2D eigenvalue weighted by Crippen LogP contribution is 2.11. The van der Waals surface area contributed by atoms with E-state index in [1.54, 1.807) is 24.3 Å². The first-order chi connectivity index (χ1) is 7.22. The largest absolute Gasteiger partial charge is 0.427 e. The Morgan fingerprint density at radius 1 is 1.40 bits per heavy atom. The molecule has 0 atom stereocenters. The van der Waals surface area contributed by atoms with Crippen molar-refractivity contribution in [2.45, 2.75) is 13.3 Å². The van der Waals surface area contributed by atoms with Gasteiger partial charge in [0, 0.05) is 18.9 Å². The highest BCUT2D eigenvalue weighted by molar-refractivity contribution is 5.69. The average Bonchev–Trinajstić information content (AvgIpc) is 2.20. The molecule has 0 aliphatic rings. The maximum atomic E-state index is 10.6. The third-order valence-electron chi connectivity index (χ3n) is 1.59. The highest BCUT2D eigenvalue weighted by atomic mass is 16.5. The molecule has 78 valence electrons. The number of benzene rings is 1. The second-order valence-electron chi connectivity index (χ2n) is 2.89. The molecular weight excluding hydrogens is 192 g/mol. The lowest BCUT2D eigenvalue weighted by Crippen LogP contribution is -2.00. The van der Waals surface area contributed by atoms with Gasteiger partial charge in [0.15, 0.2) is 0 Å². The normalized spacial score (nSPS) is 8.93. The van der Waals surface area contributed by atoms with Crippen molar-refractivity contribution in [3.8, 4) is 17.6 Å². The van der Waals surface area contributed by atoms with Crippen molar-refractivity contribution in [1.29, 1.82) is 0 Å². The number of hydrogen-bond acceptors (Lipinski definition) is 3. The number of ether oxygens (including phenoxy) is 1. The first-order valence-electron chi connectivity index (χ1n) is 4.60. The second kappa shape index (κ2) is 5.84. The van der Waals surface area contributed by atoms with Gasteiger partial charge in [-0.15, -0.1) is 0 Å². The number of rotatable bonds is 2. The van der Waals surface area contributed by atoms with Crippen LogP contribution in [0.1, 0.15) is 18.9 Å². The van der Waals surface area contributed by atoms with Crippen molar-refractivity contribution in [2.24, 2.45) is 0 Å². The highest BCUT2D eigenvalue weighted by Gasteiger charge is 1.96. The molecule has 0 amide bonds. The fraction of sp³-hybridized carbons (Fsp3) is 0.250. The summed E-state index contributed by atoms with van der Waals surface area (Å²) in [6.07, 6.45) is 0.464. The third kappa shape index (κ3) is 4.30. The fourth-order valence-electron chi connectivity index (χ4n) is 0.993. The van der Waals surface area contributed by atoms with Gasteiger partial charge in [-0.2, -0.15) is 0 Å². The second-order valence-corrected chi connectivity index (χ2v) is 2.89. The molecule has 0 aliphatic heterocycles. The Kier molecular flexibility index (Phi) is 4.39. The van der Waals surface area contributed by atoms with Crippen LogP contribution in [0.5, 0.6) is 5.75 Å². The molecule has 0 radical (unpaired) electrons. The van der Waals surface area contributed by atoms with Crippen LogP contribution in [0.25, 0.3) is 0 Å². The van der Waals surface area contributed by atoms with Gasteiger partial charge in [-0.3, -0.25) is 4.79 Å². The molecule has 3 nitrogen and oxygen atoms in total. The van der Waals surface area contributed by atoms with Crippen molar-refractivity contribution in [3.63, 3.8) is 0 Å². The third-order valence-corrected chi connectivity index (χ3v) is 1.59. The molecule has 3 heteroatoms. The minimum absolute atomic E-state index is 0.0680. The number of hydrogen-bond donors (Lipinski definition) is 1. The van der Waals surface area contributed by atoms with Crippen LogP contribution in [0.3, 0.4) is 0 Å². The van der Waals surface area contributed by atoms with Gasteiger partial charge in [-0.1, -0.05) is 11.8 Å². The lowest BCUT2D eigenvalue weighted by atomic mass is 10.2. The Morgan fingerprint density at radius 2 is 2.07 bits per heavy atom. The Balaban J connectivity index is 2.65. The molecule has 1 aromatic carbocycles. The van der Waals surface area contributed by atoms with Crippen LogP contribution in [0.2, 0.25) is 0 Å². The lowest BCUT2D eigenvalue weighted by molar-refractivity contribution is -0.131. The predicted octanol–water partition coefficient (Wildman–Crippen LogP) is 1.35. The van der Waals surface area contributed by atoms with Crippen LogP contribution in [0, 0.1) is 11.8 Å². The molecule has 0 aromatic heterocycles. The first-order valence-corrected chi connectivity index (χ1v) is 4.60. The zero-order valence-corrected chi connectivity index (χ0v) is 8.49. The van der Waals surface area contributed by atoms with Crippen LogP contribution < -0.4 is 4.74 Å². The molecule has 0 bridgehead atoms. The molecule has 15 heavy (non-hydrogen) atoms. The summed E-state index contributed by atoms with van der Waals surface area (Å²) in [5, 5.41) is 8.53. The molecule has 0 saturated heterocycles. The summed E-state index contributed by atoms with van der Waals surface area (Å²) in [5.74, 6) is 5.85. The molecule has 0 spiro atoms. The van der Waals surface area contributed by atoms with Gasteiger partial charge >= 0.3 is 5.97 Å². The van der Waals surface area contributed by atoms with E-state index in [4.69, 9.17) is 9.84 Å². The minimum atomic E-state index is -0.339. The van der Waals surface area contributed by atoms with E-state index in [9.17, 15) is 4.79 Å². The van der Waals surface area contributed by atoms with Gasteiger partial charge in [0.2, 0.25) is 0 Å². The molecule has 0 aliphatic carbocycles. The SMILES string of the molecule is CC(=O)Oc1ccc(C#CCCO)cc1. The molecule has 1 rings (SSSR count). The molecule has 1 N–H and O–H groups in total. The van der Waals surface area contributed by atoms with Crippen molar-refractivity contribution in [3.05, 3.63) is 29.8 Å². The van der Waals surface area contributed by atoms with Crippen molar-refractivity contribution >= 4 is 5.97 Å². The fourth-order valence-corrected chi connectivity index (χ4v) is 0.993. The maximum Gasteiger partial charge on any atom is 0.308 e. The van der Waals surface area contributed by atoms with Crippen LogP contribution in [0.4, 0.5) is 0 Å². The van der Waals surface area contributed by atoms with Crippen molar-refractivity contribution < 1.29 is 14.6 Å². The van der Waals surface area contributed by atoms with E-state index in [2.05, 4.69) is 11.8 Å². The average molecular weight is 204 g/mol. The van der Waals surface area contributed by atoms with E-state index in [-0.39, 0.29) is 12.6 Å². The standard InChI is InChI=1S/C12H12O3/c1-10(14)15-12-7-5-11(6-8-12)4-2-3-9-13/h5-8,13H,3,9H2,1H3. The van der Waals surface area contributed by atoms with E-state index in [0.717, 1.165) is 5.56 Å². The molecule has 0 unspecified atom stereocenters. The smallest absolute Gasteiger partial charge is 0.308 e. The van der Waals surface area contributed by atoms with Gasteiger partial charge in [0.25, 0.3) is 0 Å². The van der Waals surface area contributed by atoms with Gasteiger partial charge in [-0.05, 0) is 24.3 Å². The van der Waals surface area contributed by atoms with Crippen molar-refractivity contribution in [1.82, 2.24) is 0 Å². The summed E-state index contributed by atoms with van der Waals surface area (Å²) >= 11 is 0. The Labute approximate surface area is 88.7 Å². The van der Waals surface area contributed by atoms with Gasteiger partial charge < -0.3 is 9.84 Å². The quantitative estimate of drug-likeness (QED) is 0.449. The molecule has 0 heterocycles. The molecule has 0 fully saturated rings. The number of esters is 1. The Bertz CT molecular complexity index is 382. The zero-order valence-electron chi connectivity index (χ0n) is 8.49. The molecule has 0 saturated carbocycles. The summed E-state index contributed by atoms with van der Waals surface area (Å²) in [7, 11) is 0. The molecule has 1 aromatic rings. The summed E-state index contributed by atoms with van der Waals surface area (Å²) < 4.78 is 4.87. The summed E-state index contributed by atoms with van der Waals surface area (Å²) in [4.78, 5) is 10.6. The van der Waals surface area contributed by atoms with Crippen LogP contribution in [-0.4, -0.2) is 17.7 Å². The predicted molar refractivity (Wildman–Crippen MR) is 56.3 cm³/mol. The minimum Gasteiger partial charge on any atom is -0.427 e. The topological polar surface area (TPSA) is 46.5 Å². The maximum absolute atomic E-state index is 10.6. The number of carbonyl (C=O) groups is 1. The van der Waals surface area contributed by atoms with E-state index >= 15 is 0 Å². The van der Waals surface area contributed by atoms with Crippen LogP contribution in [-0.2, 0) is 4.79 Å². The summed E-state index contributed by atoms with van der Waals surface area (Å²) in [5.41, 5.74) is 0.833. The zero-order chi connectivity index (χ0) is 11.1. The summed E-state index contributed by atoms with van der Waals surface area (Å²) in [6.45, 7) is 1.42. The van der Waals surface area contributed by atoms with Crippen molar-refractivity contribution in [2.75, 3.05) is 6.61 Å². The van der Waals surface area contributed by atoms with E-state index in [0.29, 0.717) is 12.2 Å². The Morgan fingerprint density at radius 3 is 2.60 bits per heavy atom. The number of aliphatic hydroxyl groups excluding tert-OH is 1. The van der Waals surface area contributed by atoms with Crippen LogP contribution >= 0.6 is 0 Å². The van der Waals surface area contributed by atoms with E-state index in [1.165, 1.54) is 6.92 Å². The van der Waals surface area contributed by atoms with E-state index in [1.807, 2.05) is 0 Å².